The number of carbonyl (C=O) groups is 3. The molecule has 0 saturated heterocycles. The van der Waals surface area contributed by atoms with Crippen molar-refractivity contribution in [2.45, 2.75) is 245 Å². The number of carbonyl (C=O) groups excluding carboxylic acids is 3. The van der Waals surface area contributed by atoms with Crippen LogP contribution in [0.3, 0.4) is 0 Å². The lowest BCUT2D eigenvalue weighted by molar-refractivity contribution is -0.167. The maximum absolute atomic E-state index is 12.8. The van der Waals surface area contributed by atoms with Gasteiger partial charge in [0.15, 0.2) is 6.10 Å². The minimum atomic E-state index is -0.792. The Kier molecular flexibility index (Phi) is 46.9. The Morgan fingerprint density at radius 2 is 0.656 bits per heavy atom. The van der Waals surface area contributed by atoms with Gasteiger partial charge in [-0.25, -0.2) is 0 Å². The van der Waals surface area contributed by atoms with E-state index in [2.05, 4.69) is 93.7 Å². The van der Waals surface area contributed by atoms with Crippen LogP contribution in [0.2, 0.25) is 0 Å². The highest BCUT2D eigenvalue weighted by Gasteiger charge is 2.19. The summed E-state index contributed by atoms with van der Waals surface area (Å²) in [5, 5.41) is 0. The molecule has 350 valence electrons. The van der Waals surface area contributed by atoms with Crippen molar-refractivity contribution in [1.82, 2.24) is 0 Å². The van der Waals surface area contributed by atoms with Crippen molar-refractivity contribution in [3.8, 4) is 0 Å². The fourth-order valence-electron chi connectivity index (χ4n) is 6.82. The number of rotatable bonds is 45. The second-order valence-electron chi connectivity index (χ2n) is 16.7. The molecular formula is C55H94O6. The van der Waals surface area contributed by atoms with Crippen molar-refractivity contribution in [3.05, 3.63) is 72.9 Å². The molecule has 0 aliphatic rings. The molecule has 0 heterocycles. The quantitative estimate of drug-likeness (QED) is 0.0263. The molecule has 0 saturated carbocycles. The number of hydrogen-bond acceptors (Lipinski definition) is 6. The zero-order chi connectivity index (χ0) is 44.4. The van der Waals surface area contributed by atoms with Gasteiger partial charge in [-0.15, -0.1) is 0 Å². The highest BCUT2D eigenvalue weighted by atomic mass is 16.6. The smallest absolute Gasteiger partial charge is 0.306 e. The average Bonchev–Trinajstić information content (AvgIpc) is 3.26. The van der Waals surface area contributed by atoms with E-state index >= 15 is 0 Å². The summed E-state index contributed by atoms with van der Waals surface area (Å²) in [6.45, 7) is 6.44. The van der Waals surface area contributed by atoms with Crippen LogP contribution < -0.4 is 0 Å². The predicted octanol–water partition coefficient (Wildman–Crippen LogP) is 16.6. The van der Waals surface area contributed by atoms with Crippen LogP contribution in [0.4, 0.5) is 0 Å². The molecule has 0 spiro atoms. The van der Waals surface area contributed by atoms with Gasteiger partial charge in [-0.2, -0.15) is 0 Å². The van der Waals surface area contributed by atoms with Crippen LogP contribution in [0.25, 0.3) is 0 Å². The maximum Gasteiger partial charge on any atom is 0.306 e. The molecule has 0 aliphatic heterocycles. The summed E-state index contributed by atoms with van der Waals surface area (Å²) in [6.07, 6.45) is 61.7. The molecular weight excluding hydrogens is 757 g/mol. The van der Waals surface area contributed by atoms with Crippen LogP contribution >= 0.6 is 0 Å². The molecule has 6 heteroatoms. The van der Waals surface area contributed by atoms with E-state index in [4.69, 9.17) is 14.2 Å². The molecule has 1 atom stereocenters. The second-order valence-corrected chi connectivity index (χ2v) is 16.7. The van der Waals surface area contributed by atoms with E-state index in [0.717, 1.165) is 116 Å². The third kappa shape index (κ3) is 47.7. The van der Waals surface area contributed by atoms with Gasteiger partial charge in [0, 0.05) is 19.3 Å². The molecule has 0 aromatic carbocycles. The number of esters is 3. The zero-order valence-electron chi connectivity index (χ0n) is 39.9. The van der Waals surface area contributed by atoms with Crippen molar-refractivity contribution in [2.75, 3.05) is 13.2 Å². The van der Waals surface area contributed by atoms with Gasteiger partial charge in [-0.3, -0.25) is 14.4 Å². The number of allylic oxidation sites excluding steroid dienone is 12. The summed E-state index contributed by atoms with van der Waals surface area (Å²) >= 11 is 0. The summed E-state index contributed by atoms with van der Waals surface area (Å²) < 4.78 is 16.7. The molecule has 0 aromatic heterocycles. The molecule has 6 nitrogen and oxygen atoms in total. The third-order valence-electron chi connectivity index (χ3n) is 10.7. The molecule has 61 heavy (non-hydrogen) atoms. The Morgan fingerprint density at radius 3 is 1.07 bits per heavy atom. The van der Waals surface area contributed by atoms with Gasteiger partial charge < -0.3 is 14.2 Å². The van der Waals surface area contributed by atoms with E-state index in [1.54, 1.807) is 0 Å². The van der Waals surface area contributed by atoms with Gasteiger partial charge in [0.2, 0.25) is 0 Å². The van der Waals surface area contributed by atoms with Crippen LogP contribution in [0.15, 0.2) is 72.9 Å². The molecule has 0 rings (SSSR count). The van der Waals surface area contributed by atoms with Gasteiger partial charge >= 0.3 is 17.9 Å². The SMILES string of the molecule is CC/C=C\C/C=C\C/C=C\C/C=C\CCCCCCC(=O)OC[C@H](COC(=O)CCCCCCC/C=C\CCCC)OC(=O)CCCCCCC/C=C\CCCCCCCC. The van der Waals surface area contributed by atoms with Crippen molar-refractivity contribution in [1.29, 1.82) is 0 Å². The summed E-state index contributed by atoms with van der Waals surface area (Å²) in [6, 6.07) is 0. The van der Waals surface area contributed by atoms with Crippen LogP contribution in [0, 0.1) is 0 Å². The van der Waals surface area contributed by atoms with E-state index in [9.17, 15) is 14.4 Å². The van der Waals surface area contributed by atoms with Crippen LogP contribution in [0.1, 0.15) is 239 Å². The van der Waals surface area contributed by atoms with Gasteiger partial charge in [-0.1, -0.05) is 190 Å². The van der Waals surface area contributed by atoms with Gasteiger partial charge in [0.25, 0.3) is 0 Å². The van der Waals surface area contributed by atoms with Crippen LogP contribution in [-0.2, 0) is 28.6 Å². The van der Waals surface area contributed by atoms with E-state index in [0.29, 0.717) is 19.3 Å². The molecule has 0 aromatic rings. The normalized spacial score (nSPS) is 12.6. The first-order chi connectivity index (χ1) is 30.0. The predicted molar refractivity (Wildman–Crippen MR) is 261 cm³/mol. The number of ether oxygens (including phenoxy) is 3. The minimum absolute atomic E-state index is 0.0914. The monoisotopic (exact) mass is 851 g/mol. The average molecular weight is 851 g/mol. The lowest BCUT2D eigenvalue weighted by Gasteiger charge is -2.18. The fourth-order valence-corrected chi connectivity index (χ4v) is 6.82. The topological polar surface area (TPSA) is 78.9 Å². The number of hydrogen-bond donors (Lipinski definition) is 0. The van der Waals surface area contributed by atoms with Gasteiger partial charge in [0.05, 0.1) is 0 Å². The van der Waals surface area contributed by atoms with Crippen molar-refractivity contribution < 1.29 is 28.6 Å². The second kappa shape index (κ2) is 49.5. The summed E-state index contributed by atoms with van der Waals surface area (Å²) in [5.41, 5.74) is 0. The van der Waals surface area contributed by atoms with Gasteiger partial charge in [-0.05, 0) is 103 Å². The number of unbranched alkanes of at least 4 members (excludes halogenated alkanes) is 22. The standard InChI is InChI=1S/C55H94O6/c1-4-7-10-13-16-19-22-24-26-27-29-30-33-36-39-42-45-48-54(57)60-51-52(50-59-53(56)47-44-41-38-35-32-21-18-15-12-9-6-3)61-55(58)49-46-43-40-37-34-31-28-25-23-20-17-14-11-8-5-2/h7,10,15-16,18-19,24-26,28-30,52H,4-6,8-9,11-14,17,20-23,27,31-51H2,1-3H3/b10-7-,18-15-,19-16-,26-24-,28-25-,30-29-/t52-/m0/s1. The molecule has 0 radical (unpaired) electrons. The Balaban J connectivity index is 4.43. The van der Waals surface area contributed by atoms with E-state index in [1.807, 2.05) is 0 Å². The first-order valence-corrected chi connectivity index (χ1v) is 25.4. The Labute approximate surface area is 376 Å². The van der Waals surface area contributed by atoms with Gasteiger partial charge in [0.1, 0.15) is 13.2 Å². The van der Waals surface area contributed by atoms with Crippen LogP contribution in [-0.4, -0.2) is 37.2 Å². The summed E-state index contributed by atoms with van der Waals surface area (Å²) in [4.78, 5) is 37.9. The Bertz CT molecular complexity index is 1160. The lowest BCUT2D eigenvalue weighted by Crippen LogP contribution is -2.30. The van der Waals surface area contributed by atoms with E-state index in [1.165, 1.54) is 83.5 Å². The fraction of sp³-hybridized carbons (Fsp3) is 0.727. The van der Waals surface area contributed by atoms with Crippen molar-refractivity contribution in [3.63, 3.8) is 0 Å². The summed E-state index contributed by atoms with van der Waals surface area (Å²) in [5.74, 6) is -0.933. The molecule has 0 aliphatic carbocycles. The molecule has 0 bridgehead atoms. The van der Waals surface area contributed by atoms with E-state index in [-0.39, 0.29) is 31.1 Å². The highest BCUT2D eigenvalue weighted by molar-refractivity contribution is 5.71. The molecule has 0 N–H and O–H groups in total. The molecule has 0 unspecified atom stereocenters. The highest BCUT2D eigenvalue weighted by Crippen LogP contribution is 2.13. The van der Waals surface area contributed by atoms with E-state index < -0.39 is 6.10 Å². The lowest BCUT2D eigenvalue weighted by atomic mass is 10.1. The first-order valence-electron chi connectivity index (χ1n) is 25.4. The molecule has 0 amide bonds. The minimum Gasteiger partial charge on any atom is -0.462 e. The van der Waals surface area contributed by atoms with Crippen molar-refractivity contribution in [2.24, 2.45) is 0 Å². The largest absolute Gasteiger partial charge is 0.462 e. The van der Waals surface area contributed by atoms with Crippen molar-refractivity contribution >= 4 is 17.9 Å². The molecule has 0 fully saturated rings. The Morgan fingerprint density at radius 1 is 0.344 bits per heavy atom. The maximum atomic E-state index is 12.8. The summed E-state index contributed by atoms with van der Waals surface area (Å²) in [7, 11) is 0. The first kappa shape index (κ1) is 57.9. The third-order valence-corrected chi connectivity index (χ3v) is 10.7. The van der Waals surface area contributed by atoms with Crippen LogP contribution in [0.5, 0.6) is 0 Å². The Hall–Kier alpha value is -3.15. The zero-order valence-corrected chi connectivity index (χ0v) is 39.9.